The van der Waals surface area contributed by atoms with Crippen LogP contribution in [0.5, 0.6) is 11.8 Å². The standard InChI is InChI=1S/C23H23FN8O2/c1-27-17-5-12(24)4-14-18-21(29-19(14)17)30-23(34-13-2-10(20(26)33)6-28-7-13)31-22(18)32-8-11-3-16(25)15(11)9-32/h2,4-7,11,15-16,27H,3,8-9,25H2,1H3,(H2,26,33)(H,29,30,31)/t11?,15?,16-/m1/s1. The number of carbonyl (C=O) groups excluding carboxylic acids is 1. The molecule has 1 saturated carbocycles. The second-order valence-electron chi connectivity index (χ2n) is 8.91. The van der Waals surface area contributed by atoms with Crippen molar-refractivity contribution in [2.75, 3.05) is 30.4 Å². The van der Waals surface area contributed by atoms with Crippen LogP contribution in [0.1, 0.15) is 16.8 Å². The number of H-pyrrole nitrogens is 1. The number of pyridine rings is 1. The van der Waals surface area contributed by atoms with Crippen LogP contribution in [0.2, 0.25) is 0 Å². The van der Waals surface area contributed by atoms with Crippen LogP contribution in [-0.4, -0.2) is 52.0 Å². The maximum absolute atomic E-state index is 14.5. The Kier molecular flexibility index (Phi) is 4.56. The number of primary amides is 1. The molecule has 1 amide bonds. The molecule has 6 rings (SSSR count). The molecule has 0 spiro atoms. The normalized spacial score (nSPS) is 21.5. The van der Waals surface area contributed by atoms with E-state index in [1.807, 2.05) is 0 Å². The second kappa shape index (κ2) is 7.52. The van der Waals surface area contributed by atoms with Gasteiger partial charge in [0.05, 0.1) is 28.4 Å². The first-order chi connectivity index (χ1) is 16.4. The van der Waals surface area contributed by atoms with Crippen LogP contribution in [0.25, 0.3) is 21.9 Å². The van der Waals surface area contributed by atoms with Crippen LogP contribution in [0.4, 0.5) is 15.9 Å². The molecule has 1 aromatic carbocycles. The molecule has 0 bridgehead atoms. The Morgan fingerprint density at radius 2 is 2.12 bits per heavy atom. The zero-order valence-corrected chi connectivity index (χ0v) is 18.4. The summed E-state index contributed by atoms with van der Waals surface area (Å²) in [5.74, 6) is 0.872. The van der Waals surface area contributed by atoms with Gasteiger partial charge in [-0.15, -0.1) is 0 Å². The minimum absolute atomic E-state index is 0.0764. The fourth-order valence-corrected chi connectivity index (χ4v) is 5.14. The highest BCUT2D eigenvalue weighted by molar-refractivity contribution is 6.14. The van der Waals surface area contributed by atoms with E-state index in [2.05, 4.69) is 25.2 Å². The summed E-state index contributed by atoms with van der Waals surface area (Å²) in [4.78, 5) is 30.3. The summed E-state index contributed by atoms with van der Waals surface area (Å²) in [7, 11) is 1.74. The molecule has 2 unspecified atom stereocenters. The van der Waals surface area contributed by atoms with E-state index in [1.54, 1.807) is 7.05 Å². The summed E-state index contributed by atoms with van der Waals surface area (Å²) in [6.07, 6.45) is 3.80. The lowest BCUT2D eigenvalue weighted by atomic mass is 9.72. The van der Waals surface area contributed by atoms with E-state index < -0.39 is 5.91 Å². The Balaban J connectivity index is 1.51. The Bertz CT molecular complexity index is 1450. The molecule has 2 fully saturated rings. The van der Waals surface area contributed by atoms with Crippen LogP contribution < -0.4 is 26.4 Å². The third-order valence-corrected chi connectivity index (χ3v) is 6.88. The van der Waals surface area contributed by atoms with E-state index in [9.17, 15) is 9.18 Å². The first-order valence-electron chi connectivity index (χ1n) is 11.0. The van der Waals surface area contributed by atoms with Gasteiger partial charge in [-0.25, -0.2) is 4.39 Å². The van der Waals surface area contributed by atoms with Crippen molar-refractivity contribution < 1.29 is 13.9 Å². The van der Waals surface area contributed by atoms with Crippen LogP contribution in [-0.2, 0) is 0 Å². The first-order valence-corrected chi connectivity index (χ1v) is 11.0. The van der Waals surface area contributed by atoms with Crippen molar-refractivity contribution in [3.05, 3.63) is 42.0 Å². The molecule has 1 aliphatic carbocycles. The quantitative estimate of drug-likeness (QED) is 0.353. The molecule has 1 saturated heterocycles. The van der Waals surface area contributed by atoms with Gasteiger partial charge >= 0.3 is 6.01 Å². The highest BCUT2D eigenvalue weighted by Crippen LogP contribution is 2.44. The zero-order valence-electron chi connectivity index (χ0n) is 18.4. The summed E-state index contributed by atoms with van der Waals surface area (Å²) in [5.41, 5.74) is 13.6. The predicted octanol–water partition coefficient (Wildman–Crippen LogP) is 2.36. The maximum Gasteiger partial charge on any atom is 0.326 e. The van der Waals surface area contributed by atoms with Crippen molar-refractivity contribution in [1.82, 2.24) is 19.9 Å². The van der Waals surface area contributed by atoms with Crippen molar-refractivity contribution in [2.45, 2.75) is 12.5 Å². The number of hydrogen-bond donors (Lipinski definition) is 4. The summed E-state index contributed by atoms with van der Waals surface area (Å²) in [5, 5.41) is 4.43. The third kappa shape index (κ3) is 3.19. The number of aromatic nitrogens is 4. The van der Waals surface area contributed by atoms with E-state index in [1.165, 1.54) is 30.6 Å². The first kappa shape index (κ1) is 20.6. The monoisotopic (exact) mass is 462 g/mol. The Morgan fingerprint density at radius 3 is 2.85 bits per heavy atom. The molecular formula is C23H23FN8O2. The van der Waals surface area contributed by atoms with Gasteiger partial charge in [-0.2, -0.15) is 9.97 Å². The van der Waals surface area contributed by atoms with Gasteiger partial charge in [0.2, 0.25) is 5.91 Å². The number of anilines is 2. The van der Waals surface area contributed by atoms with Gasteiger partial charge in [0.1, 0.15) is 23.0 Å². The van der Waals surface area contributed by atoms with E-state index in [-0.39, 0.29) is 29.2 Å². The lowest BCUT2D eigenvalue weighted by molar-refractivity contribution is 0.0999. The highest BCUT2D eigenvalue weighted by Gasteiger charge is 2.46. The number of halogens is 1. The molecule has 11 heteroatoms. The number of nitrogens with one attached hydrogen (secondary N) is 2. The number of hydrogen-bond acceptors (Lipinski definition) is 8. The minimum atomic E-state index is -0.615. The molecule has 34 heavy (non-hydrogen) atoms. The fraction of sp³-hybridized carbons (Fsp3) is 0.304. The topological polar surface area (TPSA) is 148 Å². The number of nitrogens with two attached hydrogens (primary N) is 2. The lowest BCUT2D eigenvalue weighted by Gasteiger charge is -2.36. The summed E-state index contributed by atoms with van der Waals surface area (Å²) >= 11 is 0. The molecule has 2 aliphatic rings. The number of amides is 1. The van der Waals surface area contributed by atoms with Crippen LogP contribution in [0.3, 0.4) is 0 Å². The molecular weight excluding hydrogens is 439 g/mol. The predicted molar refractivity (Wildman–Crippen MR) is 126 cm³/mol. The highest BCUT2D eigenvalue weighted by atomic mass is 19.1. The molecule has 0 radical (unpaired) electrons. The molecule has 10 nitrogen and oxygen atoms in total. The van der Waals surface area contributed by atoms with Crippen LogP contribution in [0, 0.1) is 17.7 Å². The molecule has 4 heterocycles. The number of carbonyl (C=O) groups is 1. The van der Waals surface area contributed by atoms with Crippen molar-refractivity contribution in [1.29, 1.82) is 0 Å². The maximum atomic E-state index is 14.5. The number of benzene rings is 1. The van der Waals surface area contributed by atoms with E-state index in [0.29, 0.717) is 34.4 Å². The van der Waals surface area contributed by atoms with Crippen LogP contribution in [0.15, 0.2) is 30.6 Å². The fourth-order valence-electron chi connectivity index (χ4n) is 5.14. The molecule has 1 aliphatic heterocycles. The molecule has 3 atom stereocenters. The van der Waals surface area contributed by atoms with Crippen molar-refractivity contribution in [3.63, 3.8) is 0 Å². The third-order valence-electron chi connectivity index (χ3n) is 6.88. The van der Waals surface area contributed by atoms with Crippen LogP contribution >= 0.6 is 0 Å². The number of ether oxygens (including phenoxy) is 1. The summed E-state index contributed by atoms with van der Waals surface area (Å²) in [6, 6.07) is 4.66. The van der Waals surface area contributed by atoms with Crippen molar-refractivity contribution >= 4 is 39.3 Å². The second-order valence-corrected chi connectivity index (χ2v) is 8.91. The van der Waals surface area contributed by atoms with Gasteiger partial charge in [-0.1, -0.05) is 0 Å². The van der Waals surface area contributed by atoms with E-state index in [4.69, 9.17) is 21.2 Å². The molecule has 6 N–H and O–H groups in total. The number of nitrogens with zero attached hydrogens (tertiary/aromatic N) is 4. The smallest absolute Gasteiger partial charge is 0.326 e. The Hall–Kier alpha value is -3.99. The number of rotatable bonds is 5. The number of aromatic amines is 1. The molecule has 174 valence electrons. The van der Waals surface area contributed by atoms with Gasteiger partial charge in [0.25, 0.3) is 0 Å². The van der Waals surface area contributed by atoms with Gasteiger partial charge in [-0.05, 0) is 36.5 Å². The summed E-state index contributed by atoms with van der Waals surface area (Å²) < 4.78 is 20.4. The average Bonchev–Trinajstić information content (AvgIpc) is 3.35. The lowest BCUT2D eigenvalue weighted by Crippen LogP contribution is -2.46. The van der Waals surface area contributed by atoms with Crippen molar-refractivity contribution in [3.8, 4) is 11.8 Å². The van der Waals surface area contributed by atoms with Gasteiger partial charge in [0.15, 0.2) is 0 Å². The number of fused-ring (bicyclic) bond motifs is 4. The Morgan fingerprint density at radius 1 is 1.26 bits per heavy atom. The largest absolute Gasteiger partial charge is 0.423 e. The van der Waals surface area contributed by atoms with Crippen molar-refractivity contribution in [2.24, 2.45) is 23.3 Å². The molecule has 3 aromatic heterocycles. The molecule has 4 aromatic rings. The Labute approximate surface area is 193 Å². The van der Waals surface area contributed by atoms with Gasteiger partial charge in [-0.3, -0.25) is 9.78 Å². The zero-order chi connectivity index (χ0) is 23.6. The van der Waals surface area contributed by atoms with Gasteiger partial charge < -0.3 is 31.4 Å². The minimum Gasteiger partial charge on any atom is -0.423 e. The van der Waals surface area contributed by atoms with E-state index >= 15 is 0 Å². The van der Waals surface area contributed by atoms with Gasteiger partial charge in [0, 0.05) is 37.8 Å². The average molecular weight is 462 g/mol. The SMILES string of the molecule is CNc1cc(F)cc2c1[nH]c1nc(Oc3cncc(C(N)=O)c3)nc(N3CC4C[C@@H](N)C4C3)c12. The summed E-state index contributed by atoms with van der Waals surface area (Å²) in [6.45, 7) is 1.57. The van der Waals surface area contributed by atoms with E-state index in [0.717, 1.165) is 30.4 Å².